The fourth-order valence-electron chi connectivity index (χ4n) is 1.18. The van der Waals surface area contributed by atoms with Crippen LogP contribution in [-0.4, -0.2) is 49.7 Å². The normalized spacial score (nSPS) is 11.5. The Hall–Kier alpha value is -2.62. The summed E-state index contributed by atoms with van der Waals surface area (Å²) >= 11 is 1.24. The Labute approximate surface area is 130 Å². The van der Waals surface area contributed by atoms with E-state index in [1.165, 1.54) is 16.7 Å². The Morgan fingerprint density at radius 1 is 1.55 bits per heavy atom. The minimum Gasteiger partial charge on any atom is -0.538 e. The van der Waals surface area contributed by atoms with Crippen molar-refractivity contribution in [2.45, 2.75) is 6.92 Å². The van der Waals surface area contributed by atoms with Gasteiger partial charge in [0.05, 0.1) is 5.01 Å². The first-order valence-electron chi connectivity index (χ1n) is 5.74. The highest BCUT2D eigenvalue weighted by atomic mass is 32.1. The second kappa shape index (κ2) is 8.62. The lowest BCUT2D eigenvalue weighted by Gasteiger charge is -2.04. The van der Waals surface area contributed by atoms with Crippen molar-refractivity contribution >= 4 is 51.0 Å². The lowest BCUT2D eigenvalue weighted by atomic mass is 10.0. The summed E-state index contributed by atoms with van der Waals surface area (Å²) in [5.74, 6) is -1.62. The molecule has 1 N–H and O–H groups in total. The van der Waals surface area contributed by atoms with Gasteiger partial charge in [-0.25, -0.2) is 14.6 Å². The highest BCUT2D eigenvalue weighted by Gasteiger charge is 2.19. The van der Waals surface area contributed by atoms with Crippen LogP contribution in [0.4, 0.5) is 0 Å². The fraction of sp³-hybridized carbons (Fsp3) is 0.100. The minimum atomic E-state index is -1.38. The summed E-state index contributed by atoms with van der Waals surface area (Å²) < 4.78 is 8.82. The van der Waals surface area contributed by atoms with Gasteiger partial charge in [-0.2, -0.15) is 0 Å². The number of carboxylic acid groups (broad SMARTS) is 1. The van der Waals surface area contributed by atoms with Gasteiger partial charge >= 0.3 is 27.5 Å². The predicted molar refractivity (Wildman–Crippen MR) is 79.1 cm³/mol. The average Bonchev–Trinajstić information content (AvgIpc) is 2.91. The van der Waals surface area contributed by atoms with Crippen LogP contribution in [0.3, 0.4) is 0 Å². The van der Waals surface area contributed by atoms with Gasteiger partial charge in [0, 0.05) is 5.38 Å². The van der Waals surface area contributed by atoms with E-state index in [0.29, 0.717) is 5.01 Å². The van der Waals surface area contributed by atoms with E-state index in [9.17, 15) is 14.4 Å². The highest BCUT2D eigenvalue weighted by Crippen LogP contribution is 2.11. The van der Waals surface area contributed by atoms with Gasteiger partial charge < -0.3 is 19.3 Å². The molecule has 0 aliphatic heterocycles. The molecule has 1 aromatic rings. The van der Waals surface area contributed by atoms with E-state index in [1.54, 1.807) is 6.92 Å². The van der Waals surface area contributed by atoms with Crippen molar-refractivity contribution in [2.24, 2.45) is 5.16 Å². The molecule has 0 radical (unpaired) electrons. The van der Waals surface area contributed by atoms with Gasteiger partial charge in [0.1, 0.15) is 5.69 Å². The van der Waals surface area contributed by atoms with E-state index in [4.69, 9.17) is 9.94 Å². The van der Waals surface area contributed by atoms with Crippen molar-refractivity contribution in [3.8, 4) is 0 Å². The maximum atomic E-state index is 11.4. The SMILES string of the molecule is BOC(=O)/C(=C\BOC=O)O/N=C(\C(=O)O)c1csc(C)n1. The van der Waals surface area contributed by atoms with Crippen molar-refractivity contribution < 1.29 is 33.6 Å². The average molecular weight is 324 g/mol. The highest BCUT2D eigenvalue weighted by molar-refractivity contribution is 7.09. The Kier molecular flexibility index (Phi) is 6.83. The molecule has 0 aliphatic carbocycles. The Morgan fingerprint density at radius 2 is 2.27 bits per heavy atom. The van der Waals surface area contributed by atoms with Crippen molar-refractivity contribution in [1.29, 1.82) is 0 Å². The van der Waals surface area contributed by atoms with Crippen LogP contribution in [0.1, 0.15) is 10.7 Å². The van der Waals surface area contributed by atoms with E-state index in [-0.39, 0.29) is 19.6 Å². The molecule has 1 heterocycles. The van der Waals surface area contributed by atoms with Gasteiger partial charge in [0.15, 0.2) is 0 Å². The molecule has 1 rings (SSSR count). The standard InChI is InChI=1S/C10H10B2N2O7S/c1-5-13-6(3-22-5)8(9(16)17)14-21-7(10(18)20-11)2-12-19-4-15/h2-4,12H,11H2,1H3,(H,16,17)/b7-2+,14-8-. The van der Waals surface area contributed by atoms with Crippen LogP contribution in [0.15, 0.2) is 22.3 Å². The largest absolute Gasteiger partial charge is 0.538 e. The summed E-state index contributed by atoms with van der Waals surface area (Å²) in [6.07, 6.45) is 0. The van der Waals surface area contributed by atoms with Crippen LogP contribution in [0.25, 0.3) is 0 Å². The van der Waals surface area contributed by atoms with Crippen LogP contribution in [0, 0.1) is 6.92 Å². The molecule has 0 aromatic carbocycles. The molecule has 0 amide bonds. The summed E-state index contributed by atoms with van der Waals surface area (Å²) in [5.41, 5.74) is -0.376. The molecule has 22 heavy (non-hydrogen) atoms. The zero-order chi connectivity index (χ0) is 16.5. The van der Waals surface area contributed by atoms with Crippen LogP contribution in [-0.2, 0) is 28.5 Å². The number of hydrogen-bond donors (Lipinski definition) is 1. The molecular formula is C10H10B2N2O7S. The van der Waals surface area contributed by atoms with Gasteiger partial charge in [-0.1, -0.05) is 5.16 Å². The number of rotatable bonds is 8. The number of aryl methyl sites for hydroxylation is 1. The maximum Gasteiger partial charge on any atom is 0.374 e. The third-order valence-corrected chi connectivity index (χ3v) is 2.89. The first-order chi connectivity index (χ1) is 10.5. The quantitative estimate of drug-likeness (QED) is 0.119. The summed E-state index contributed by atoms with van der Waals surface area (Å²) in [4.78, 5) is 41.4. The van der Waals surface area contributed by atoms with Gasteiger partial charge in [0.2, 0.25) is 11.5 Å². The summed E-state index contributed by atoms with van der Waals surface area (Å²) in [5, 5.41) is 14.6. The molecule has 9 nitrogen and oxygen atoms in total. The number of carbonyl (C=O) groups excluding carboxylic acids is 2. The Bertz CT molecular complexity index is 629. The molecule has 12 heteroatoms. The van der Waals surface area contributed by atoms with Crippen LogP contribution >= 0.6 is 11.3 Å². The smallest absolute Gasteiger partial charge is 0.374 e. The second-order valence-electron chi connectivity index (χ2n) is 3.58. The molecule has 0 spiro atoms. The zero-order valence-electron chi connectivity index (χ0n) is 11.6. The monoisotopic (exact) mass is 324 g/mol. The summed E-state index contributed by atoms with van der Waals surface area (Å²) in [7, 11) is 0.841. The topological polar surface area (TPSA) is 124 Å². The Morgan fingerprint density at radius 3 is 2.77 bits per heavy atom. The van der Waals surface area contributed by atoms with Crippen molar-refractivity contribution in [3.05, 3.63) is 27.8 Å². The molecule has 1 aromatic heterocycles. The molecule has 0 fully saturated rings. The molecule has 0 bridgehead atoms. The number of oxime groups is 1. The number of aromatic nitrogens is 1. The van der Waals surface area contributed by atoms with Gasteiger partial charge in [0.25, 0.3) is 6.47 Å². The number of hydrogen-bond acceptors (Lipinski definition) is 9. The fourth-order valence-corrected chi connectivity index (χ4v) is 1.78. The minimum absolute atomic E-state index is 0.100. The molecule has 0 saturated heterocycles. The lowest BCUT2D eigenvalue weighted by Crippen LogP contribution is -2.17. The van der Waals surface area contributed by atoms with Gasteiger partial charge in [-0.3, -0.25) is 4.79 Å². The molecule has 0 aliphatic rings. The van der Waals surface area contributed by atoms with E-state index >= 15 is 0 Å². The third kappa shape index (κ3) is 5.05. The zero-order valence-corrected chi connectivity index (χ0v) is 12.5. The maximum absolute atomic E-state index is 11.4. The van der Waals surface area contributed by atoms with E-state index in [0.717, 1.165) is 14.0 Å². The van der Waals surface area contributed by atoms with Crippen LogP contribution in [0.5, 0.6) is 0 Å². The number of nitrogens with zero attached hydrogens (tertiary/aromatic N) is 2. The number of carboxylic acids is 1. The third-order valence-electron chi connectivity index (χ3n) is 2.12. The van der Waals surface area contributed by atoms with Crippen LogP contribution in [0.2, 0.25) is 0 Å². The van der Waals surface area contributed by atoms with E-state index in [1.807, 2.05) is 0 Å². The lowest BCUT2D eigenvalue weighted by molar-refractivity contribution is -0.134. The predicted octanol–water partition coefficient (Wildman–Crippen LogP) is -1.29. The molecule has 114 valence electrons. The summed E-state index contributed by atoms with van der Waals surface area (Å²) in [6, 6.07) is 0. The second-order valence-corrected chi connectivity index (χ2v) is 4.64. The first kappa shape index (κ1) is 17.4. The molecular weight excluding hydrogens is 314 g/mol. The Balaban J connectivity index is 2.98. The number of carbonyl (C=O) groups is 3. The van der Waals surface area contributed by atoms with Crippen molar-refractivity contribution in [1.82, 2.24) is 4.98 Å². The number of thiazole rings is 1. The molecule has 0 atom stereocenters. The number of aliphatic carboxylic acids is 1. The molecule has 0 unspecified atom stereocenters. The van der Waals surface area contributed by atoms with Gasteiger partial charge in [-0.15, -0.1) is 11.3 Å². The molecule has 0 saturated carbocycles. The van der Waals surface area contributed by atoms with Crippen molar-refractivity contribution in [3.63, 3.8) is 0 Å². The van der Waals surface area contributed by atoms with Crippen molar-refractivity contribution in [2.75, 3.05) is 0 Å². The summed E-state index contributed by atoms with van der Waals surface area (Å²) in [6.45, 7) is 1.88. The van der Waals surface area contributed by atoms with E-state index < -0.39 is 23.4 Å². The first-order valence-corrected chi connectivity index (χ1v) is 6.62. The van der Waals surface area contributed by atoms with E-state index in [2.05, 4.69) is 19.4 Å². The van der Waals surface area contributed by atoms with Gasteiger partial charge in [-0.05, 0) is 12.9 Å². The van der Waals surface area contributed by atoms with Crippen LogP contribution < -0.4 is 0 Å².